The van der Waals surface area contributed by atoms with E-state index in [9.17, 15) is 5.11 Å². The first-order valence-corrected chi connectivity index (χ1v) is 3.74. The number of allylic oxidation sites excluding steroid dienone is 1. The first kappa shape index (κ1) is 8.65. The van der Waals surface area contributed by atoms with Gasteiger partial charge in [0.05, 0.1) is 12.9 Å². The molecule has 0 saturated carbocycles. The molecule has 0 bridgehead atoms. The zero-order valence-corrected chi connectivity index (χ0v) is 7.24. The Bertz CT molecular complexity index is 290. The van der Waals surface area contributed by atoms with Crippen molar-refractivity contribution in [1.29, 1.82) is 0 Å². The van der Waals surface area contributed by atoms with E-state index in [-0.39, 0.29) is 5.75 Å². The number of para-hydroxylation sites is 1. The van der Waals surface area contributed by atoms with Gasteiger partial charge >= 0.3 is 0 Å². The maximum absolute atomic E-state index is 9.35. The summed E-state index contributed by atoms with van der Waals surface area (Å²) in [6.07, 6.45) is 1.79. The second-order valence-corrected chi connectivity index (χ2v) is 2.52. The highest BCUT2D eigenvalue weighted by molar-refractivity contribution is 5.57. The Labute approximate surface area is 72.1 Å². The second kappa shape index (κ2) is 3.81. The Kier molecular flexibility index (Phi) is 2.75. The minimum atomic E-state index is 0.272. The summed E-state index contributed by atoms with van der Waals surface area (Å²) in [5.74, 6) is 1.05. The van der Waals surface area contributed by atoms with Crippen molar-refractivity contribution >= 4 is 6.08 Å². The molecule has 1 aromatic rings. The van der Waals surface area contributed by atoms with E-state index in [0.29, 0.717) is 0 Å². The molecule has 64 valence electrons. The molecule has 12 heavy (non-hydrogen) atoms. The van der Waals surface area contributed by atoms with Crippen molar-refractivity contribution in [1.82, 2.24) is 0 Å². The summed E-state index contributed by atoms with van der Waals surface area (Å²) in [7, 11) is 1.60. The van der Waals surface area contributed by atoms with Crippen molar-refractivity contribution in [3.63, 3.8) is 0 Å². The fraction of sp³-hybridized carbons (Fsp3) is 0.200. The van der Waals surface area contributed by atoms with Gasteiger partial charge < -0.3 is 9.84 Å². The summed E-state index contributed by atoms with van der Waals surface area (Å²) in [5.41, 5.74) is 0.775. The topological polar surface area (TPSA) is 29.5 Å². The van der Waals surface area contributed by atoms with Crippen molar-refractivity contribution in [3.8, 4) is 5.75 Å². The van der Waals surface area contributed by atoms with Crippen molar-refractivity contribution in [2.75, 3.05) is 7.11 Å². The average Bonchev–Trinajstić information content (AvgIpc) is 2.09. The lowest BCUT2D eigenvalue weighted by Crippen LogP contribution is -1.80. The molecule has 0 saturated heterocycles. The number of methoxy groups -OCH3 is 1. The lowest BCUT2D eigenvalue weighted by Gasteiger charge is -2.00. The summed E-state index contributed by atoms with van der Waals surface area (Å²) in [6.45, 7) is 1.84. The summed E-state index contributed by atoms with van der Waals surface area (Å²) in [6, 6.07) is 7.13. The third kappa shape index (κ3) is 2.02. The van der Waals surface area contributed by atoms with Gasteiger partial charge in [-0.15, -0.1) is 0 Å². The second-order valence-electron chi connectivity index (χ2n) is 2.52. The third-order valence-electron chi connectivity index (χ3n) is 1.62. The van der Waals surface area contributed by atoms with E-state index >= 15 is 0 Å². The van der Waals surface area contributed by atoms with E-state index in [1.165, 1.54) is 0 Å². The van der Waals surface area contributed by atoms with Gasteiger partial charge in [0.2, 0.25) is 0 Å². The van der Waals surface area contributed by atoms with Gasteiger partial charge in [-0.1, -0.05) is 18.2 Å². The lowest BCUT2D eigenvalue weighted by atomic mass is 10.2. The van der Waals surface area contributed by atoms with Crippen LogP contribution in [-0.2, 0) is 4.74 Å². The quantitative estimate of drug-likeness (QED) is 0.680. The average molecular weight is 164 g/mol. The number of ether oxygens (including phenoxy) is 1. The molecule has 0 amide bonds. The lowest BCUT2D eigenvalue weighted by molar-refractivity contribution is 0.297. The summed E-state index contributed by atoms with van der Waals surface area (Å²) in [5, 5.41) is 9.35. The Morgan fingerprint density at radius 1 is 1.42 bits per heavy atom. The molecule has 1 aromatic carbocycles. The number of benzene rings is 1. The predicted molar refractivity (Wildman–Crippen MR) is 48.8 cm³/mol. The van der Waals surface area contributed by atoms with Crippen LogP contribution in [-0.4, -0.2) is 12.2 Å². The molecule has 0 aliphatic carbocycles. The van der Waals surface area contributed by atoms with Gasteiger partial charge in [-0.25, -0.2) is 0 Å². The number of rotatable bonds is 2. The van der Waals surface area contributed by atoms with E-state index in [0.717, 1.165) is 11.3 Å². The number of hydrogen-bond donors (Lipinski definition) is 1. The largest absolute Gasteiger partial charge is 0.507 e. The van der Waals surface area contributed by atoms with Crippen LogP contribution in [0.3, 0.4) is 0 Å². The van der Waals surface area contributed by atoms with E-state index < -0.39 is 0 Å². The minimum absolute atomic E-state index is 0.272. The molecule has 1 N–H and O–H groups in total. The normalized spacial score (nSPS) is 11.3. The zero-order valence-electron chi connectivity index (χ0n) is 7.24. The zero-order chi connectivity index (χ0) is 8.97. The van der Waals surface area contributed by atoms with E-state index in [2.05, 4.69) is 0 Å². The number of phenols is 1. The molecule has 0 radical (unpaired) electrons. The monoisotopic (exact) mass is 164 g/mol. The van der Waals surface area contributed by atoms with Gasteiger partial charge in [0.15, 0.2) is 0 Å². The summed E-state index contributed by atoms with van der Waals surface area (Å²) >= 11 is 0. The number of aromatic hydroxyl groups is 1. The van der Waals surface area contributed by atoms with Gasteiger partial charge in [-0.2, -0.15) is 0 Å². The molecule has 0 heterocycles. The van der Waals surface area contributed by atoms with Crippen LogP contribution in [0.15, 0.2) is 30.0 Å². The molecule has 0 atom stereocenters. The van der Waals surface area contributed by atoms with Crippen LogP contribution >= 0.6 is 0 Å². The fourth-order valence-corrected chi connectivity index (χ4v) is 0.887. The van der Waals surface area contributed by atoms with Gasteiger partial charge in [0.1, 0.15) is 5.75 Å². The Hall–Kier alpha value is -1.44. The Morgan fingerprint density at radius 2 is 2.08 bits per heavy atom. The molecule has 0 aromatic heterocycles. The van der Waals surface area contributed by atoms with Crippen molar-refractivity contribution in [3.05, 3.63) is 35.6 Å². The molecule has 0 aliphatic rings. The fourth-order valence-electron chi connectivity index (χ4n) is 0.887. The molecule has 0 unspecified atom stereocenters. The summed E-state index contributed by atoms with van der Waals surface area (Å²) < 4.78 is 4.96. The standard InChI is InChI=1S/C10H12O2/c1-8(12-2)7-9-5-3-4-6-10(9)11/h3-7,11H,1-2H3. The highest BCUT2D eigenvalue weighted by Crippen LogP contribution is 2.18. The first-order valence-electron chi connectivity index (χ1n) is 3.74. The molecular formula is C10H12O2. The highest BCUT2D eigenvalue weighted by atomic mass is 16.5. The number of phenolic OH excluding ortho intramolecular Hbond substituents is 1. The molecule has 1 rings (SSSR count). The number of hydrogen-bond acceptors (Lipinski definition) is 2. The van der Waals surface area contributed by atoms with Crippen LogP contribution in [0.4, 0.5) is 0 Å². The molecule has 0 aliphatic heterocycles. The predicted octanol–water partition coefficient (Wildman–Crippen LogP) is 2.40. The van der Waals surface area contributed by atoms with Crippen molar-refractivity contribution in [2.45, 2.75) is 6.92 Å². The highest BCUT2D eigenvalue weighted by Gasteiger charge is 1.95. The molecular weight excluding hydrogens is 152 g/mol. The summed E-state index contributed by atoms with van der Waals surface area (Å²) in [4.78, 5) is 0. The first-order chi connectivity index (χ1) is 5.74. The van der Waals surface area contributed by atoms with Gasteiger partial charge in [0.25, 0.3) is 0 Å². The van der Waals surface area contributed by atoms with Crippen LogP contribution in [0.2, 0.25) is 0 Å². The van der Waals surface area contributed by atoms with Crippen molar-refractivity contribution in [2.24, 2.45) is 0 Å². The molecule has 0 spiro atoms. The SMILES string of the molecule is COC(C)=Cc1ccccc1O. The Balaban J connectivity index is 2.96. The van der Waals surface area contributed by atoms with E-state index in [1.807, 2.05) is 19.1 Å². The van der Waals surface area contributed by atoms with Crippen LogP contribution in [0, 0.1) is 0 Å². The van der Waals surface area contributed by atoms with Gasteiger partial charge in [-0.05, 0) is 19.1 Å². The maximum atomic E-state index is 9.35. The maximum Gasteiger partial charge on any atom is 0.122 e. The molecule has 0 fully saturated rings. The van der Waals surface area contributed by atoms with Gasteiger partial charge in [0, 0.05) is 5.56 Å². The van der Waals surface area contributed by atoms with E-state index in [4.69, 9.17) is 4.74 Å². The van der Waals surface area contributed by atoms with Crippen LogP contribution in [0.1, 0.15) is 12.5 Å². The van der Waals surface area contributed by atoms with Gasteiger partial charge in [-0.3, -0.25) is 0 Å². The smallest absolute Gasteiger partial charge is 0.122 e. The van der Waals surface area contributed by atoms with Crippen molar-refractivity contribution < 1.29 is 9.84 Å². The van der Waals surface area contributed by atoms with Crippen LogP contribution in [0.5, 0.6) is 5.75 Å². The molecule has 2 heteroatoms. The minimum Gasteiger partial charge on any atom is -0.507 e. The molecule has 2 nitrogen and oxygen atoms in total. The van der Waals surface area contributed by atoms with Crippen LogP contribution < -0.4 is 0 Å². The third-order valence-corrected chi connectivity index (χ3v) is 1.62. The van der Waals surface area contributed by atoms with Crippen LogP contribution in [0.25, 0.3) is 6.08 Å². The van der Waals surface area contributed by atoms with E-state index in [1.54, 1.807) is 25.3 Å². The Morgan fingerprint density at radius 3 is 2.67 bits per heavy atom.